The van der Waals surface area contributed by atoms with Gasteiger partial charge in [0, 0.05) is 36.5 Å². The molecule has 272 valence electrons. The van der Waals surface area contributed by atoms with Gasteiger partial charge in [0.2, 0.25) is 6.79 Å². The van der Waals surface area contributed by atoms with Crippen molar-refractivity contribution in [2.75, 3.05) is 45.4 Å². The Labute approximate surface area is 289 Å². The molecule has 5 N–H and O–H groups in total. The number of carbonyl (C=O) groups excluding carboxylic acids is 1. The third kappa shape index (κ3) is 7.58. The third-order valence-electron chi connectivity index (χ3n) is 9.02. The maximum absolute atomic E-state index is 13.3. The van der Waals surface area contributed by atoms with Gasteiger partial charge in [-0.05, 0) is 75.3 Å². The van der Waals surface area contributed by atoms with Crippen LogP contribution in [-0.4, -0.2) is 105 Å². The van der Waals surface area contributed by atoms with Gasteiger partial charge in [0.25, 0.3) is 11.5 Å². The van der Waals surface area contributed by atoms with Crippen LogP contribution in [0.3, 0.4) is 0 Å². The minimum absolute atomic E-state index is 0.0387. The van der Waals surface area contributed by atoms with Crippen LogP contribution in [0.1, 0.15) is 41.3 Å². The van der Waals surface area contributed by atoms with E-state index in [2.05, 4.69) is 27.2 Å². The maximum atomic E-state index is 13.3. The summed E-state index contributed by atoms with van der Waals surface area (Å²) < 4.78 is 48.7. The van der Waals surface area contributed by atoms with Gasteiger partial charge in [-0.2, -0.15) is 13.2 Å². The number of carbonyl (C=O) groups is 2. The molecule has 7 rings (SSSR count). The predicted molar refractivity (Wildman–Crippen MR) is 178 cm³/mol. The van der Waals surface area contributed by atoms with Gasteiger partial charge in [-0.3, -0.25) is 9.59 Å². The minimum atomic E-state index is -5.08. The SMILES string of the molecule is CCc1c(OC[C@H](O)CNc2cc[nH]c(=O)c2-c2nc3cc4c(cc3[nH]2)CN(C2CCN(C)CC2)C4=O)ccc2c1OCO2.O=C(O)C(F)(F)F. The molecule has 1 atom stereocenters. The predicted octanol–water partition coefficient (Wildman–Crippen LogP) is 3.74. The lowest BCUT2D eigenvalue weighted by Gasteiger charge is -2.34. The lowest BCUT2D eigenvalue weighted by Crippen LogP contribution is -2.43. The van der Waals surface area contributed by atoms with Gasteiger partial charge in [-0.1, -0.05) is 6.92 Å². The molecule has 5 heterocycles. The number of piperidine rings is 1. The summed E-state index contributed by atoms with van der Waals surface area (Å²) >= 11 is 0. The molecule has 0 radical (unpaired) electrons. The largest absolute Gasteiger partial charge is 0.490 e. The molecule has 14 nitrogen and oxygen atoms in total. The van der Waals surface area contributed by atoms with Gasteiger partial charge in [-0.15, -0.1) is 0 Å². The Hall–Kier alpha value is -5.29. The van der Waals surface area contributed by atoms with Crippen molar-refractivity contribution in [3.05, 3.63) is 63.6 Å². The Kier molecular flexibility index (Phi) is 10.1. The van der Waals surface area contributed by atoms with Crippen molar-refractivity contribution in [2.45, 2.75) is 51.1 Å². The van der Waals surface area contributed by atoms with Gasteiger partial charge >= 0.3 is 12.1 Å². The van der Waals surface area contributed by atoms with E-state index in [1.807, 2.05) is 30.0 Å². The molecule has 3 aliphatic rings. The van der Waals surface area contributed by atoms with E-state index >= 15 is 0 Å². The van der Waals surface area contributed by atoms with Crippen LogP contribution in [0.5, 0.6) is 17.2 Å². The van der Waals surface area contributed by atoms with E-state index in [-0.39, 0.29) is 37.5 Å². The molecule has 2 aromatic carbocycles. The van der Waals surface area contributed by atoms with E-state index in [9.17, 15) is 27.9 Å². The van der Waals surface area contributed by atoms with Crippen LogP contribution in [0.4, 0.5) is 18.9 Å². The van der Waals surface area contributed by atoms with Crippen LogP contribution in [0.2, 0.25) is 0 Å². The fourth-order valence-corrected chi connectivity index (χ4v) is 6.38. The molecule has 17 heteroatoms. The molecule has 3 aliphatic heterocycles. The summed E-state index contributed by atoms with van der Waals surface area (Å²) in [6.07, 6.45) is -1.76. The molecule has 51 heavy (non-hydrogen) atoms. The van der Waals surface area contributed by atoms with Gasteiger partial charge < -0.3 is 49.5 Å². The number of nitrogens with zero attached hydrogens (tertiary/aromatic N) is 3. The Bertz CT molecular complexity index is 1990. The Morgan fingerprint density at radius 3 is 2.63 bits per heavy atom. The second kappa shape index (κ2) is 14.5. The zero-order chi connectivity index (χ0) is 36.4. The third-order valence-corrected chi connectivity index (χ3v) is 9.02. The second-order valence-corrected chi connectivity index (χ2v) is 12.5. The van der Waals surface area contributed by atoms with Gasteiger partial charge in [0.05, 0.1) is 16.7 Å². The topological polar surface area (TPSA) is 182 Å². The standard InChI is InChI=1S/C32H36N6O6.C2HF3O2/c1-3-21-26(4-5-27-29(21)44-17-43-27)42-16-20(39)14-34-23-6-9-33-31(40)28(23)30-35-24-12-18-15-38(19-7-10-37(2)11-8-19)32(41)22(18)13-25(24)36-30;3-2(4,5)1(6)7/h4-6,9,12-13,19-20,39H,3,7-8,10-11,14-17H2,1-2H3,(H,35,36)(H2,33,34,40);(H,6,7)/t20-;/m1./s1. The number of carboxylic acids is 1. The number of aliphatic hydroxyl groups excluding tert-OH is 1. The highest BCUT2D eigenvalue weighted by molar-refractivity contribution is 6.02. The fraction of sp³-hybridized carbons (Fsp3) is 0.412. The molecule has 0 unspecified atom stereocenters. The molecule has 0 bridgehead atoms. The van der Waals surface area contributed by atoms with E-state index in [4.69, 9.17) is 29.1 Å². The number of amides is 1. The molecule has 0 aliphatic carbocycles. The number of aliphatic carboxylic acids is 1. The maximum Gasteiger partial charge on any atom is 0.490 e. The van der Waals surface area contributed by atoms with Crippen molar-refractivity contribution in [3.63, 3.8) is 0 Å². The van der Waals surface area contributed by atoms with E-state index in [0.29, 0.717) is 58.4 Å². The number of H-pyrrole nitrogens is 2. The van der Waals surface area contributed by atoms with Crippen LogP contribution >= 0.6 is 0 Å². The number of alkyl halides is 3. The van der Waals surface area contributed by atoms with Gasteiger partial charge in [0.15, 0.2) is 11.5 Å². The van der Waals surface area contributed by atoms with Crippen molar-refractivity contribution >= 4 is 28.6 Å². The van der Waals surface area contributed by atoms with E-state index in [1.165, 1.54) is 0 Å². The number of fused-ring (bicyclic) bond motifs is 3. The van der Waals surface area contributed by atoms with E-state index < -0.39 is 18.2 Å². The summed E-state index contributed by atoms with van der Waals surface area (Å²) in [7, 11) is 2.11. The number of benzene rings is 2. The van der Waals surface area contributed by atoms with Gasteiger partial charge in [-0.25, -0.2) is 9.78 Å². The van der Waals surface area contributed by atoms with Crippen molar-refractivity contribution in [1.29, 1.82) is 0 Å². The van der Waals surface area contributed by atoms with Crippen molar-refractivity contribution < 1.29 is 47.2 Å². The monoisotopic (exact) mass is 714 g/mol. The molecular formula is C34H37F3N6O8. The fourth-order valence-electron chi connectivity index (χ4n) is 6.38. The van der Waals surface area contributed by atoms with E-state index in [0.717, 1.165) is 42.6 Å². The summed E-state index contributed by atoms with van der Waals surface area (Å²) in [4.78, 5) is 50.3. The Morgan fingerprint density at radius 2 is 1.92 bits per heavy atom. The number of nitrogens with one attached hydrogen (secondary N) is 3. The van der Waals surface area contributed by atoms with E-state index in [1.54, 1.807) is 18.3 Å². The van der Waals surface area contributed by atoms with Crippen molar-refractivity contribution in [1.82, 2.24) is 24.8 Å². The highest BCUT2D eigenvalue weighted by Gasteiger charge is 2.38. The molecule has 1 amide bonds. The number of carboxylic acid groups (broad SMARTS) is 1. The first-order valence-electron chi connectivity index (χ1n) is 16.3. The van der Waals surface area contributed by atoms with Crippen LogP contribution in [0.25, 0.3) is 22.4 Å². The summed E-state index contributed by atoms with van der Waals surface area (Å²) in [5, 5.41) is 21.0. The molecule has 1 saturated heterocycles. The minimum Gasteiger partial charge on any atom is -0.490 e. The second-order valence-electron chi connectivity index (χ2n) is 12.5. The first-order chi connectivity index (χ1) is 24.3. The summed E-state index contributed by atoms with van der Waals surface area (Å²) in [5.74, 6) is -0.326. The number of hydrogen-bond donors (Lipinski definition) is 5. The normalized spacial score (nSPS) is 16.5. The number of ether oxygens (including phenoxy) is 3. The van der Waals surface area contributed by atoms with Gasteiger partial charge in [0.1, 0.15) is 29.8 Å². The highest BCUT2D eigenvalue weighted by atomic mass is 19.4. The molecule has 4 aromatic rings. The van der Waals surface area contributed by atoms with Crippen LogP contribution < -0.4 is 25.1 Å². The zero-order valence-corrected chi connectivity index (χ0v) is 27.8. The summed E-state index contributed by atoms with van der Waals surface area (Å²) in [6.45, 7) is 4.92. The molecular weight excluding hydrogens is 677 g/mol. The number of halogens is 3. The first-order valence-corrected chi connectivity index (χ1v) is 16.3. The number of anilines is 1. The highest BCUT2D eigenvalue weighted by Crippen LogP contribution is 2.41. The summed E-state index contributed by atoms with van der Waals surface area (Å²) in [6, 6.07) is 9.39. The number of aliphatic hydroxyl groups is 1. The number of aromatic nitrogens is 3. The number of aromatic amines is 2. The molecule has 1 fully saturated rings. The number of likely N-dealkylation sites (tertiary alicyclic amines) is 1. The molecule has 0 spiro atoms. The van der Waals surface area contributed by atoms with Crippen LogP contribution in [0.15, 0.2) is 41.3 Å². The van der Waals surface area contributed by atoms with Crippen molar-refractivity contribution in [3.8, 4) is 28.6 Å². The Morgan fingerprint density at radius 1 is 1.18 bits per heavy atom. The molecule has 0 saturated carbocycles. The smallest absolute Gasteiger partial charge is 0.490 e. The number of hydrogen-bond acceptors (Lipinski definition) is 10. The Balaban J connectivity index is 0.000000582. The summed E-state index contributed by atoms with van der Waals surface area (Å²) in [5.41, 5.74) is 4.42. The lowest BCUT2D eigenvalue weighted by molar-refractivity contribution is -0.192. The van der Waals surface area contributed by atoms with Crippen molar-refractivity contribution in [2.24, 2.45) is 0 Å². The average molecular weight is 715 g/mol. The molecule has 2 aromatic heterocycles. The average Bonchev–Trinajstić information content (AvgIpc) is 3.82. The number of imidazole rings is 1. The first kappa shape index (κ1) is 35.5. The zero-order valence-electron chi connectivity index (χ0n) is 27.8. The lowest BCUT2D eigenvalue weighted by atomic mass is 10.0. The quantitative estimate of drug-likeness (QED) is 0.170. The number of pyridine rings is 1. The van der Waals surface area contributed by atoms with Crippen LogP contribution in [-0.2, 0) is 17.8 Å². The number of rotatable bonds is 9. The van der Waals surface area contributed by atoms with Crippen LogP contribution in [0, 0.1) is 0 Å².